The van der Waals surface area contributed by atoms with Crippen LogP contribution in [-0.4, -0.2) is 4.98 Å². The van der Waals surface area contributed by atoms with Gasteiger partial charge in [-0.1, -0.05) is 18.2 Å². The van der Waals surface area contributed by atoms with Crippen LogP contribution in [0.1, 0.15) is 35.2 Å². The molecule has 88 valence electrons. The number of hydrogen-bond donors (Lipinski definition) is 0. The molecule has 0 bridgehead atoms. The SMILES string of the molecule is Cc1cccc2c(CCl)c3c(nc12)CCCC3. The number of fused-ring (bicyclic) bond motifs is 2. The zero-order valence-corrected chi connectivity index (χ0v) is 10.8. The van der Waals surface area contributed by atoms with Gasteiger partial charge in [0.15, 0.2) is 0 Å². The molecule has 0 amide bonds. The van der Waals surface area contributed by atoms with E-state index in [1.54, 1.807) is 0 Å². The summed E-state index contributed by atoms with van der Waals surface area (Å²) in [4.78, 5) is 4.87. The number of aromatic nitrogens is 1. The number of rotatable bonds is 1. The first kappa shape index (κ1) is 11.0. The van der Waals surface area contributed by atoms with Crippen LogP contribution in [0.15, 0.2) is 18.2 Å². The van der Waals surface area contributed by atoms with Gasteiger partial charge >= 0.3 is 0 Å². The fourth-order valence-corrected chi connectivity index (χ4v) is 3.14. The largest absolute Gasteiger partial charge is 0.252 e. The first-order chi connectivity index (χ1) is 8.31. The quantitative estimate of drug-likeness (QED) is 0.688. The Hall–Kier alpha value is -1.08. The van der Waals surface area contributed by atoms with Gasteiger partial charge in [0.05, 0.1) is 5.52 Å². The Morgan fingerprint density at radius 3 is 2.88 bits per heavy atom. The molecule has 1 aliphatic carbocycles. The molecule has 2 heteroatoms. The molecule has 0 atom stereocenters. The molecule has 0 spiro atoms. The van der Waals surface area contributed by atoms with Gasteiger partial charge in [0, 0.05) is 17.0 Å². The van der Waals surface area contributed by atoms with Crippen LogP contribution in [0.3, 0.4) is 0 Å². The Bertz CT molecular complexity index is 575. The molecular weight excluding hydrogens is 230 g/mol. The second-order valence-electron chi connectivity index (χ2n) is 4.83. The molecule has 0 saturated heterocycles. The third kappa shape index (κ3) is 1.73. The number of nitrogens with zero attached hydrogens (tertiary/aromatic N) is 1. The Balaban J connectivity index is 2.39. The lowest BCUT2D eigenvalue weighted by atomic mass is 9.90. The predicted octanol–water partition coefficient (Wildman–Crippen LogP) is 4.16. The van der Waals surface area contributed by atoms with Crippen molar-refractivity contribution in [3.8, 4) is 0 Å². The monoisotopic (exact) mass is 245 g/mol. The molecule has 17 heavy (non-hydrogen) atoms. The van der Waals surface area contributed by atoms with Crippen molar-refractivity contribution in [2.24, 2.45) is 0 Å². The van der Waals surface area contributed by atoms with E-state index in [9.17, 15) is 0 Å². The first-order valence-electron chi connectivity index (χ1n) is 6.27. The predicted molar refractivity (Wildman–Crippen MR) is 72.7 cm³/mol. The molecule has 2 aromatic rings. The number of aryl methyl sites for hydroxylation is 2. The van der Waals surface area contributed by atoms with Crippen molar-refractivity contribution >= 4 is 22.5 Å². The van der Waals surface area contributed by atoms with Crippen LogP contribution >= 0.6 is 11.6 Å². The highest BCUT2D eigenvalue weighted by Gasteiger charge is 2.17. The van der Waals surface area contributed by atoms with Crippen LogP contribution < -0.4 is 0 Å². The van der Waals surface area contributed by atoms with Crippen molar-refractivity contribution in [3.05, 3.63) is 40.6 Å². The molecular formula is C15H16ClN. The Kier molecular flexibility index (Phi) is 2.79. The highest BCUT2D eigenvalue weighted by Crippen LogP contribution is 2.31. The molecule has 1 aromatic carbocycles. The maximum Gasteiger partial charge on any atom is 0.0737 e. The minimum atomic E-state index is 0.602. The lowest BCUT2D eigenvalue weighted by molar-refractivity contribution is 0.667. The fourth-order valence-electron chi connectivity index (χ4n) is 2.84. The van der Waals surface area contributed by atoms with Gasteiger partial charge in [0.1, 0.15) is 0 Å². The summed E-state index contributed by atoms with van der Waals surface area (Å²) in [6, 6.07) is 6.38. The van der Waals surface area contributed by atoms with Crippen molar-refractivity contribution in [1.82, 2.24) is 4.98 Å². The molecule has 1 aliphatic rings. The van der Waals surface area contributed by atoms with Crippen molar-refractivity contribution < 1.29 is 0 Å². The molecule has 1 nitrogen and oxygen atoms in total. The maximum absolute atomic E-state index is 6.17. The highest BCUT2D eigenvalue weighted by atomic mass is 35.5. The van der Waals surface area contributed by atoms with Gasteiger partial charge in [-0.2, -0.15) is 0 Å². The molecule has 0 saturated carbocycles. The van der Waals surface area contributed by atoms with E-state index in [0.717, 1.165) is 18.4 Å². The maximum atomic E-state index is 6.17. The molecule has 3 rings (SSSR count). The zero-order chi connectivity index (χ0) is 11.8. The van der Waals surface area contributed by atoms with E-state index in [4.69, 9.17) is 16.6 Å². The summed E-state index contributed by atoms with van der Waals surface area (Å²) in [5, 5.41) is 1.25. The number of alkyl halides is 1. The number of hydrogen-bond acceptors (Lipinski definition) is 1. The van der Waals surface area contributed by atoms with Crippen LogP contribution in [0.25, 0.3) is 10.9 Å². The van der Waals surface area contributed by atoms with E-state index in [2.05, 4.69) is 25.1 Å². The topological polar surface area (TPSA) is 12.9 Å². The van der Waals surface area contributed by atoms with Crippen molar-refractivity contribution in [3.63, 3.8) is 0 Å². The second kappa shape index (κ2) is 4.30. The van der Waals surface area contributed by atoms with Gasteiger partial charge < -0.3 is 0 Å². The highest BCUT2D eigenvalue weighted by molar-refractivity contribution is 6.18. The molecule has 0 radical (unpaired) electrons. The van der Waals surface area contributed by atoms with Crippen molar-refractivity contribution in [2.75, 3.05) is 0 Å². The summed E-state index contributed by atoms with van der Waals surface area (Å²) in [6.45, 7) is 2.13. The third-order valence-corrected chi connectivity index (χ3v) is 4.01. The third-order valence-electron chi connectivity index (χ3n) is 3.75. The molecule has 0 N–H and O–H groups in total. The lowest BCUT2D eigenvalue weighted by Gasteiger charge is -2.20. The van der Waals surface area contributed by atoms with Crippen molar-refractivity contribution in [2.45, 2.75) is 38.5 Å². The van der Waals surface area contributed by atoms with Gasteiger partial charge in [-0.05, 0) is 49.3 Å². The summed E-state index contributed by atoms with van der Waals surface area (Å²) >= 11 is 6.17. The Morgan fingerprint density at radius 1 is 1.24 bits per heavy atom. The van der Waals surface area contributed by atoms with E-state index >= 15 is 0 Å². The van der Waals surface area contributed by atoms with E-state index in [-0.39, 0.29) is 0 Å². The van der Waals surface area contributed by atoms with Crippen LogP contribution in [0, 0.1) is 6.92 Å². The summed E-state index contributed by atoms with van der Waals surface area (Å²) in [6.07, 6.45) is 4.80. The number of para-hydroxylation sites is 1. The van der Waals surface area contributed by atoms with Crippen LogP contribution in [0.5, 0.6) is 0 Å². The number of pyridine rings is 1. The van der Waals surface area contributed by atoms with E-state index < -0.39 is 0 Å². The Labute approximate surface area is 107 Å². The number of halogens is 1. The number of benzene rings is 1. The van der Waals surface area contributed by atoms with Gasteiger partial charge in [-0.25, -0.2) is 0 Å². The standard InChI is InChI=1S/C15H16ClN/c1-10-5-4-7-12-13(9-16)11-6-2-3-8-14(11)17-15(10)12/h4-5,7H,2-3,6,8-9H2,1H3. The van der Waals surface area contributed by atoms with E-state index in [0.29, 0.717) is 5.88 Å². The van der Waals surface area contributed by atoms with Crippen LogP contribution in [0.4, 0.5) is 0 Å². The summed E-state index contributed by atoms with van der Waals surface area (Å²) < 4.78 is 0. The molecule has 0 fully saturated rings. The lowest BCUT2D eigenvalue weighted by Crippen LogP contribution is -2.09. The molecule has 1 heterocycles. The smallest absolute Gasteiger partial charge is 0.0737 e. The fraction of sp³-hybridized carbons (Fsp3) is 0.400. The van der Waals surface area contributed by atoms with Crippen molar-refractivity contribution in [1.29, 1.82) is 0 Å². The average Bonchev–Trinajstić information content (AvgIpc) is 2.37. The first-order valence-corrected chi connectivity index (χ1v) is 6.80. The minimum absolute atomic E-state index is 0.602. The summed E-state index contributed by atoms with van der Waals surface area (Å²) in [5.74, 6) is 0.602. The van der Waals surface area contributed by atoms with Crippen LogP contribution in [-0.2, 0) is 18.7 Å². The van der Waals surface area contributed by atoms with Gasteiger partial charge in [0.2, 0.25) is 0 Å². The molecule has 0 aliphatic heterocycles. The normalized spacial score (nSPS) is 14.9. The van der Waals surface area contributed by atoms with Gasteiger partial charge in [0.25, 0.3) is 0 Å². The molecule has 0 unspecified atom stereocenters. The molecule has 1 aromatic heterocycles. The Morgan fingerprint density at radius 2 is 2.06 bits per heavy atom. The van der Waals surface area contributed by atoms with Gasteiger partial charge in [-0.3, -0.25) is 4.98 Å². The van der Waals surface area contributed by atoms with Crippen LogP contribution in [0.2, 0.25) is 0 Å². The minimum Gasteiger partial charge on any atom is -0.252 e. The summed E-state index contributed by atoms with van der Waals surface area (Å²) in [7, 11) is 0. The van der Waals surface area contributed by atoms with Gasteiger partial charge in [-0.15, -0.1) is 11.6 Å². The average molecular weight is 246 g/mol. The van der Waals surface area contributed by atoms with E-state index in [1.807, 2.05) is 0 Å². The van der Waals surface area contributed by atoms with E-state index in [1.165, 1.54) is 40.6 Å². The zero-order valence-electron chi connectivity index (χ0n) is 10.1. The summed E-state index contributed by atoms with van der Waals surface area (Å²) in [5.41, 5.74) is 6.42. The second-order valence-corrected chi connectivity index (χ2v) is 5.09.